The van der Waals surface area contributed by atoms with Crippen molar-refractivity contribution >= 4 is 5.97 Å². The van der Waals surface area contributed by atoms with Crippen LogP contribution in [0.5, 0.6) is 0 Å². The maximum Gasteiger partial charge on any atom is 0.310 e. The van der Waals surface area contributed by atoms with Gasteiger partial charge >= 0.3 is 5.97 Å². The third-order valence-corrected chi connectivity index (χ3v) is 3.39. The predicted molar refractivity (Wildman–Crippen MR) is 66.0 cm³/mol. The lowest BCUT2D eigenvalue weighted by Crippen LogP contribution is -2.09. The summed E-state index contributed by atoms with van der Waals surface area (Å²) in [5.74, 6) is -2.40. The highest BCUT2D eigenvalue weighted by Crippen LogP contribution is 2.49. The molecule has 1 aliphatic rings. The van der Waals surface area contributed by atoms with Crippen molar-refractivity contribution in [1.82, 2.24) is 10.1 Å². The SMILES string of the molecule is Cc1nc(COC(=O)[C@H]2C[C@H]2c2cccc(F)c2F)no1. The second-order valence-corrected chi connectivity index (χ2v) is 4.93. The first-order chi connectivity index (χ1) is 10.1. The number of ether oxygens (including phenoxy) is 1. The number of nitrogens with zero attached hydrogens (tertiary/aromatic N) is 2. The molecule has 0 radical (unpaired) electrons. The topological polar surface area (TPSA) is 65.2 Å². The molecular formula is C14H12F2N2O3. The van der Waals surface area contributed by atoms with Crippen molar-refractivity contribution < 1.29 is 22.8 Å². The van der Waals surface area contributed by atoms with Crippen molar-refractivity contribution in [3.05, 3.63) is 47.1 Å². The first kappa shape index (κ1) is 13.7. The van der Waals surface area contributed by atoms with Crippen LogP contribution in [0.2, 0.25) is 0 Å². The zero-order chi connectivity index (χ0) is 15.0. The van der Waals surface area contributed by atoms with Gasteiger partial charge in [0, 0.05) is 12.8 Å². The van der Waals surface area contributed by atoms with Crippen molar-refractivity contribution in [2.24, 2.45) is 5.92 Å². The summed E-state index contributed by atoms with van der Waals surface area (Å²) in [6.07, 6.45) is 0.449. The largest absolute Gasteiger partial charge is 0.457 e. The molecule has 5 nitrogen and oxygen atoms in total. The van der Waals surface area contributed by atoms with E-state index in [0.717, 1.165) is 6.07 Å². The van der Waals surface area contributed by atoms with E-state index in [0.29, 0.717) is 12.3 Å². The quantitative estimate of drug-likeness (QED) is 0.811. The summed E-state index contributed by atoms with van der Waals surface area (Å²) in [7, 11) is 0. The lowest BCUT2D eigenvalue weighted by atomic mass is 10.1. The first-order valence-corrected chi connectivity index (χ1v) is 6.46. The van der Waals surface area contributed by atoms with Gasteiger partial charge in [-0.15, -0.1) is 0 Å². The van der Waals surface area contributed by atoms with Crippen molar-refractivity contribution in [2.45, 2.75) is 25.9 Å². The molecule has 2 aromatic rings. The summed E-state index contributed by atoms with van der Waals surface area (Å²) in [5, 5.41) is 3.60. The van der Waals surface area contributed by atoms with Crippen LogP contribution in [0.4, 0.5) is 8.78 Å². The van der Waals surface area contributed by atoms with E-state index in [4.69, 9.17) is 9.26 Å². The zero-order valence-electron chi connectivity index (χ0n) is 11.2. The van der Waals surface area contributed by atoms with Crippen molar-refractivity contribution in [1.29, 1.82) is 0 Å². The van der Waals surface area contributed by atoms with Crippen molar-refractivity contribution in [2.75, 3.05) is 0 Å². The molecule has 0 aliphatic heterocycles. The molecule has 0 N–H and O–H groups in total. The Bertz CT molecular complexity index is 687. The van der Waals surface area contributed by atoms with Gasteiger partial charge in [0.15, 0.2) is 18.2 Å². The predicted octanol–water partition coefficient (Wildman–Crippen LogP) is 2.50. The Balaban J connectivity index is 1.59. The number of aromatic nitrogens is 2. The highest BCUT2D eigenvalue weighted by atomic mass is 19.2. The molecule has 110 valence electrons. The number of esters is 1. The van der Waals surface area contributed by atoms with E-state index >= 15 is 0 Å². The number of hydrogen-bond donors (Lipinski definition) is 0. The summed E-state index contributed by atoms with van der Waals surface area (Å²) in [4.78, 5) is 15.7. The maximum absolute atomic E-state index is 13.6. The van der Waals surface area contributed by atoms with Crippen molar-refractivity contribution in [3.63, 3.8) is 0 Å². The van der Waals surface area contributed by atoms with Gasteiger partial charge in [0.05, 0.1) is 5.92 Å². The Hall–Kier alpha value is -2.31. The number of benzene rings is 1. The first-order valence-electron chi connectivity index (χ1n) is 6.46. The molecular weight excluding hydrogens is 282 g/mol. The van der Waals surface area contributed by atoms with E-state index < -0.39 is 23.5 Å². The minimum Gasteiger partial charge on any atom is -0.457 e. The molecule has 1 aliphatic carbocycles. The smallest absolute Gasteiger partial charge is 0.310 e. The lowest BCUT2D eigenvalue weighted by Gasteiger charge is -2.03. The molecule has 0 unspecified atom stereocenters. The van der Waals surface area contributed by atoms with E-state index in [1.54, 1.807) is 6.92 Å². The highest BCUT2D eigenvalue weighted by Gasteiger charge is 2.46. The fraction of sp³-hybridized carbons (Fsp3) is 0.357. The van der Waals surface area contributed by atoms with E-state index in [1.807, 2.05) is 0 Å². The molecule has 2 atom stereocenters. The summed E-state index contributed by atoms with van der Waals surface area (Å²) in [5.41, 5.74) is 0.215. The molecule has 0 spiro atoms. The molecule has 21 heavy (non-hydrogen) atoms. The van der Waals surface area contributed by atoms with Crippen LogP contribution in [-0.2, 0) is 16.1 Å². The second kappa shape index (κ2) is 5.23. The molecule has 0 bridgehead atoms. The van der Waals surface area contributed by atoms with E-state index in [-0.39, 0.29) is 23.9 Å². The van der Waals surface area contributed by atoms with Crippen molar-refractivity contribution in [3.8, 4) is 0 Å². The van der Waals surface area contributed by atoms with Gasteiger partial charge in [-0.2, -0.15) is 4.98 Å². The average molecular weight is 294 g/mol. The molecule has 0 amide bonds. The van der Waals surface area contributed by atoms with E-state index in [9.17, 15) is 13.6 Å². The summed E-state index contributed by atoms with van der Waals surface area (Å²) >= 11 is 0. The van der Waals surface area contributed by atoms with Crippen LogP contribution < -0.4 is 0 Å². The summed E-state index contributed by atoms with van der Waals surface area (Å²) in [6, 6.07) is 3.96. The third-order valence-electron chi connectivity index (χ3n) is 3.39. The van der Waals surface area contributed by atoms with Gasteiger partial charge in [-0.25, -0.2) is 8.78 Å². The third kappa shape index (κ3) is 2.76. The number of carbonyl (C=O) groups is 1. The molecule has 1 saturated carbocycles. The molecule has 1 aromatic heterocycles. The van der Waals surface area contributed by atoms with Gasteiger partial charge in [0.25, 0.3) is 0 Å². The van der Waals surface area contributed by atoms with Gasteiger partial charge in [-0.1, -0.05) is 17.3 Å². The number of aryl methyl sites for hydroxylation is 1. The van der Waals surface area contributed by atoms with E-state index in [2.05, 4.69) is 10.1 Å². The van der Waals surface area contributed by atoms with Gasteiger partial charge < -0.3 is 9.26 Å². The molecule has 1 fully saturated rings. The maximum atomic E-state index is 13.6. The van der Waals surface area contributed by atoms with Gasteiger partial charge in [-0.05, 0) is 18.1 Å². The fourth-order valence-electron chi connectivity index (χ4n) is 2.25. The minimum atomic E-state index is -0.909. The Labute approximate surface area is 118 Å². The van der Waals surface area contributed by atoms with Crippen LogP contribution in [0, 0.1) is 24.5 Å². The number of rotatable bonds is 4. The highest BCUT2D eigenvalue weighted by molar-refractivity contribution is 5.77. The Morgan fingerprint density at radius 3 is 3.00 bits per heavy atom. The fourth-order valence-corrected chi connectivity index (χ4v) is 2.25. The van der Waals surface area contributed by atoms with Gasteiger partial charge in [0.2, 0.25) is 11.7 Å². The van der Waals surface area contributed by atoms with E-state index in [1.165, 1.54) is 12.1 Å². The second-order valence-electron chi connectivity index (χ2n) is 4.93. The van der Waals surface area contributed by atoms with Crippen LogP contribution in [0.1, 0.15) is 29.6 Å². The van der Waals surface area contributed by atoms with Gasteiger partial charge in [-0.3, -0.25) is 4.79 Å². The van der Waals surface area contributed by atoms with Crippen LogP contribution in [0.3, 0.4) is 0 Å². The molecule has 3 rings (SSSR count). The summed E-state index contributed by atoms with van der Waals surface area (Å²) < 4.78 is 36.6. The monoisotopic (exact) mass is 294 g/mol. The number of carbonyl (C=O) groups excluding carboxylic acids is 1. The van der Waals surface area contributed by atoms with Crippen LogP contribution >= 0.6 is 0 Å². The Morgan fingerprint density at radius 1 is 1.48 bits per heavy atom. The Kier molecular flexibility index (Phi) is 3.40. The van der Waals surface area contributed by atoms with Crippen LogP contribution in [0.15, 0.2) is 22.7 Å². The standard InChI is InChI=1S/C14H12F2N2O3/c1-7-17-12(18-21-7)6-20-14(19)10-5-9(10)8-3-2-4-11(15)13(8)16/h2-4,9-10H,5-6H2,1H3/t9-,10-/m0/s1. The average Bonchev–Trinajstić information content (AvgIpc) is 3.15. The molecule has 7 heteroatoms. The molecule has 0 saturated heterocycles. The lowest BCUT2D eigenvalue weighted by molar-refractivity contribution is -0.146. The Morgan fingerprint density at radius 2 is 2.29 bits per heavy atom. The van der Waals surface area contributed by atoms with Crippen LogP contribution in [0.25, 0.3) is 0 Å². The molecule has 1 heterocycles. The van der Waals surface area contributed by atoms with Gasteiger partial charge in [0.1, 0.15) is 0 Å². The number of halogens is 2. The summed E-state index contributed by atoms with van der Waals surface area (Å²) in [6.45, 7) is 1.53. The molecule has 1 aromatic carbocycles. The number of hydrogen-bond acceptors (Lipinski definition) is 5. The zero-order valence-corrected chi connectivity index (χ0v) is 11.2. The normalized spacial score (nSPS) is 20.3. The minimum absolute atomic E-state index is 0.0922. The van der Waals surface area contributed by atoms with Crippen LogP contribution in [-0.4, -0.2) is 16.1 Å².